The highest BCUT2D eigenvalue weighted by molar-refractivity contribution is 7.92. The van der Waals surface area contributed by atoms with E-state index in [9.17, 15) is 18.0 Å². The van der Waals surface area contributed by atoms with Crippen molar-refractivity contribution in [1.82, 2.24) is 4.98 Å². The van der Waals surface area contributed by atoms with Gasteiger partial charge in [-0.1, -0.05) is 36.4 Å². The van der Waals surface area contributed by atoms with Gasteiger partial charge in [-0.2, -0.15) is 4.98 Å². The molecule has 10 heteroatoms. The first-order chi connectivity index (χ1) is 16.2. The third-order valence-electron chi connectivity index (χ3n) is 4.79. The van der Waals surface area contributed by atoms with Crippen LogP contribution in [0.15, 0.2) is 66.7 Å². The highest BCUT2D eigenvalue weighted by atomic mass is 32.2. The van der Waals surface area contributed by atoms with E-state index < -0.39 is 21.9 Å². The molecule has 34 heavy (non-hydrogen) atoms. The number of rotatable bonds is 9. The number of para-hydroxylation sites is 1. The van der Waals surface area contributed by atoms with E-state index in [2.05, 4.69) is 4.98 Å². The van der Waals surface area contributed by atoms with Gasteiger partial charge in [0.15, 0.2) is 0 Å². The molecule has 3 aromatic rings. The Hall–Kier alpha value is -3.92. The first kappa shape index (κ1) is 24.7. The molecule has 0 aliphatic rings. The first-order valence-electron chi connectivity index (χ1n) is 10.2. The van der Waals surface area contributed by atoms with Crippen LogP contribution < -0.4 is 18.5 Å². The number of methoxy groups -OCH3 is 2. The lowest BCUT2D eigenvalue weighted by atomic mass is 10.1. The van der Waals surface area contributed by atoms with Crippen LogP contribution in [-0.4, -0.2) is 45.8 Å². The van der Waals surface area contributed by atoms with Crippen LogP contribution in [0.4, 0.5) is 5.69 Å². The fourth-order valence-electron chi connectivity index (χ4n) is 3.22. The number of ether oxygens (including phenoxy) is 3. The summed E-state index contributed by atoms with van der Waals surface area (Å²) < 4.78 is 41.4. The molecule has 0 radical (unpaired) electrons. The summed E-state index contributed by atoms with van der Waals surface area (Å²) in [5.41, 5.74) is 0.934. The minimum Gasteiger partial charge on any atom is -0.481 e. The molecule has 0 saturated carbocycles. The first-order valence-corrected chi connectivity index (χ1v) is 12.1. The molecular weight excluding hydrogens is 460 g/mol. The molecule has 0 unspecified atom stereocenters. The Morgan fingerprint density at radius 1 is 0.912 bits per heavy atom. The zero-order chi connectivity index (χ0) is 24.7. The monoisotopic (exact) mass is 484 g/mol. The van der Waals surface area contributed by atoms with Crippen LogP contribution in [0, 0.1) is 0 Å². The number of pyridine rings is 1. The van der Waals surface area contributed by atoms with Crippen molar-refractivity contribution in [1.29, 1.82) is 0 Å². The molecule has 0 N–H and O–H groups in total. The van der Waals surface area contributed by atoms with Gasteiger partial charge in [0.05, 0.1) is 26.0 Å². The quantitative estimate of drug-likeness (QED) is 0.336. The minimum atomic E-state index is -4.00. The van der Waals surface area contributed by atoms with Crippen molar-refractivity contribution < 1.29 is 32.2 Å². The summed E-state index contributed by atoms with van der Waals surface area (Å²) in [6.45, 7) is 0. The van der Waals surface area contributed by atoms with Gasteiger partial charge in [0.1, 0.15) is 11.4 Å². The lowest BCUT2D eigenvalue weighted by Gasteiger charge is -2.22. The molecule has 0 aliphatic heterocycles. The van der Waals surface area contributed by atoms with Crippen LogP contribution in [0.3, 0.4) is 0 Å². The van der Waals surface area contributed by atoms with Crippen molar-refractivity contribution in [2.75, 3.05) is 24.8 Å². The van der Waals surface area contributed by atoms with Crippen LogP contribution in [0.25, 0.3) is 0 Å². The van der Waals surface area contributed by atoms with Crippen molar-refractivity contribution >= 4 is 27.6 Å². The minimum absolute atomic E-state index is 0.0282. The van der Waals surface area contributed by atoms with Gasteiger partial charge in [-0.25, -0.2) is 17.5 Å². The number of carbonyl (C=O) groups is 2. The van der Waals surface area contributed by atoms with Gasteiger partial charge in [0, 0.05) is 12.5 Å². The van der Waals surface area contributed by atoms with E-state index in [1.54, 1.807) is 54.6 Å². The van der Waals surface area contributed by atoms with E-state index >= 15 is 0 Å². The van der Waals surface area contributed by atoms with E-state index in [1.807, 2.05) is 0 Å². The third kappa shape index (κ3) is 5.90. The maximum Gasteiger partial charge on any atom is 0.343 e. The Bertz CT molecular complexity index is 1280. The van der Waals surface area contributed by atoms with Crippen LogP contribution in [0.1, 0.15) is 22.3 Å². The zero-order valence-electron chi connectivity index (χ0n) is 18.9. The van der Waals surface area contributed by atoms with Gasteiger partial charge in [0.25, 0.3) is 0 Å². The topological polar surface area (TPSA) is 112 Å². The van der Waals surface area contributed by atoms with Gasteiger partial charge in [0.2, 0.25) is 27.7 Å². The van der Waals surface area contributed by atoms with Crippen LogP contribution in [0.5, 0.6) is 17.5 Å². The summed E-state index contributed by atoms with van der Waals surface area (Å²) in [6, 6.07) is 18.1. The van der Waals surface area contributed by atoms with Gasteiger partial charge in [-0.15, -0.1) is 0 Å². The fraction of sp³-hybridized carbons (Fsp3) is 0.208. The molecule has 0 fully saturated rings. The number of nitrogens with zero attached hydrogens (tertiary/aromatic N) is 2. The second-order valence-electron chi connectivity index (χ2n) is 7.17. The number of hydrogen-bond donors (Lipinski definition) is 0. The van der Waals surface area contributed by atoms with E-state index in [4.69, 9.17) is 14.2 Å². The highest BCUT2D eigenvalue weighted by Gasteiger charge is 2.29. The largest absolute Gasteiger partial charge is 0.481 e. The van der Waals surface area contributed by atoms with Gasteiger partial charge < -0.3 is 14.2 Å². The number of sulfonamides is 1. The van der Waals surface area contributed by atoms with E-state index in [0.717, 1.165) is 6.26 Å². The number of aromatic nitrogens is 1. The molecule has 3 rings (SSSR count). The molecular formula is C24H24N2O7S. The Morgan fingerprint density at radius 2 is 1.59 bits per heavy atom. The molecule has 1 heterocycles. The van der Waals surface area contributed by atoms with Crippen LogP contribution in [-0.2, 0) is 21.2 Å². The second-order valence-corrected chi connectivity index (χ2v) is 9.00. The zero-order valence-corrected chi connectivity index (χ0v) is 19.7. The third-order valence-corrected chi connectivity index (χ3v) is 5.85. The molecule has 0 saturated heterocycles. The highest BCUT2D eigenvalue weighted by Crippen LogP contribution is 2.31. The molecule has 9 nitrogen and oxygen atoms in total. The summed E-state index contributed by atoms with van der Waals surface area (Å²) in [7, 11) is -1.28. The standard InChI is InChI=1S/C24H24N2O7S/c1-31-21-15-14-19(23(25-21)32-2)26(34(3,29)30)22(27)16-13-17-9-7-8-12-20(17)33-24(28)18-10-5-4-6-11-18/h4-12,14-15H,13,16H2,1-3H3. The summed E-state index contributed by atoms with van der Waals surface area (Å²) >= 11 is 0. The van der Waals surface area contributed by atoms with E-state index in [0.29, 0.717) is 21.2 Å². The maximum atomic E-state index is 13.1. The Kier molecular flexibility index (Phi) is 7.85. The van der Waals surface area contributed by atoms with Gasteiger partial charge in [-0.05, 0) is 36.2 Å². The lowest BCUT2D eigenvalue weighted by Crippen LogP contribution is -2.36. The smallest absolute Gasteiger partial charge is 0.343 e. The van der Waals surface area contributed by atoms with Gasteiger partial charge >= 0.3 is 5.97 Å². The van der Waals surface area contributed by atoms with Crippen LogP contribution in [0.2, 0.25) is 0 Å². The average Bonchev–Trinajstić information content (AvgIpc) is 2.83. The van der Waals surface area contributed by atoms with Gasteiger partial charge in [-0.3, -0.25) is 4.79 Å². The molecule has 178 valence electrons. The number of aryl methyl sites for hydroxylation is 1. The predicted molar refractivity (Wildman–Crippen MR) is 126 cm³/mol. The molecule has 1 aromatic heterocycles. The Balaban J connectivity index is 1.82. The average molecular weight is 485 g/mol. The number of esters is 1. The van der Waals surface area contributed by atoms with E-state index in [1.165, 1.54) is 26.4 Å². The Labute approximate surface area is 198 Å². The maximum absolute atomic E-state index is 13.1. The van der Waals surface area contributed by atoms with Crippen molar-refractivity contribution in [3.05, 3.63) is 77.9 Å². The molecule has 0 bridgehead atoms. The van der Waals surface area contributed by atoms with Crippen molar-refractivity contribution in [3.8, 4) is 17.5 Å². The van der Waals surface area contributed by atoms with Crippen molar-refractivity contribution in [2.24, 2.45) is 0 Å². The predicted octanol–water partition coefficient (Wildman–Crippen LogP) is 3.24. The Morgan fingerprint density at radius 3 is 2.24 bits per heavy atom. The normalized spacial score (nSPS) is 10.9. The molecule has 1 amide bonds. The summed E-state index contributed by atoms with van der Waals surface area (Å²) in [5, 5.41) is 0. The number of carbonyl (C=O) groups excluding carboxylic acids is 2. The summed E-state index contributed by atoms with van der Waals surface area (Å²) in [5.74, 6) is -0.812. The number of hydrogen-bond acceptors (Lipinski definition) is 8. The fourth-order valence-corrected chi connectivity index (χ4v) is 4.18. The summed E-state index contributed by atoms with van der Waals surface area (Å²) in [6.07, 6.45) is 0.876. The summed E-state index contributed by atoms with van der Waals surface area (Å²) in [4.78, 5) is 29.6. The van der Waals surface area contributed by atoms with E-state index in [-0.39, 0.29) is 30.3 Å². The molecule has 0 spiro atoms. The van der Waals surface area contributed by atoms with Crippen molar-refractivity contribution in [2.45, 2.75) is 12.8 Å². The molecule has 0 aliphatic carbocycles. The molecule has 2 aromatic carbocycles. The van der Waals surface area contributed by atoms with Crippen molar-refractivity contribution in [3.63, 3.8) is 0 Å². The molecule has 0 atom stereocenters. The van der Waals surface area contributed by atoms with Crippen LogP contribution >= 0.6 is 0 Å². The number of benzene rings is 2. The SMILES string of the molecule is COc1ccc(N(C(=O)CCc2ccccc2OC(=O)c2ccccc2)S(C)(=O)=O)c(OC)n1. The second kappa shape index (κ2) is 10.8. The lowest BCUT2D eigenvalue weighted by molar-refractivity contribution is -0.117. The number of anilines is 1. The number of amides is 1.